The third-order valence-electron chi connectivity index (χ3n) is 3.44. The summed E-state index contributed by atoms with van der Waals surface area (Å²) in [7, 11) is 0. The Morgan fingerprint density at radius 3 is 2.57 bits per heavy atom. The van der Waals surface area contributed by atoms with Crippen molar-refractivity contribution in [1.82, 2.24) is 10.2 Å². The maximum Gasteiger partial charge on any atom is 0.243 e. The number of carbonyl (C=O) groups excluding carboxylic acids is 1. The highest BCUT2D eigenvalue weighted by molar-refractivity contribution is 6.42. The molecule has 0 aliphatic carbocycles. The highest BCUT2D eigenvalue weighted by Crippen LogP contribution is 2.23. The van der Waals surface area contributed by atoms with Gasteiger partial charge in [0.05, 0.1) is 10.0 Å². The Labute approximate surface area is 149 Å². The van der Waals surface area contributed by atoms with Gasteiger partial charge in [0.25, 0.3) is 0 Å². The molecule has 0 fully saturated rings. The van der Waals surface area contributed by atoms with E-state index in [2.05, 4.69) is 24.1 Å². The fourth-order valence-electron chi connectivity index (χ4n) is 2.04. The van der Waals surface area contributed by atoms with Crippen LogP contribution in [0.1, 0.15) is 25.8 Å². The number of halogens is 2. The molecule has 1 aromatic carbocycles. The molecule has 0 radical (unpaired) electrons. The lowest BCUT2D eigenvalue weighted by Crippen LogP contribution is -2.29. The topological polar surface area (TPSA) is 32.3 Å². The monoisotopic (exact) mass is 354 g/mol. The Morgan fingerprint density at radius 2 is 1.91 bits per heavy atom. The molecular formula is C18H24Cl2N2O. The van der Waals surface area contributed by atoms with E-state index in [1.165, 1.54) is 6.08 Å². The van der Waals surface area contributed by atoms with Crippen molar-refractivity contribution < 1.29 is 4.79 Å². The van der Waals surface area contributed by atoms with Crippen LogP contribution in [0.15, 0.2) is 36.4 Å². The Balaban J connectivity index is 2.29. The van der Waals surface area contributed by atoms with Crippen LogP contribution >= 0.6 is 23.2 Å². The van der Waals surface area contributed by atoms with Gasteiger partial charge in [-0.05, 0) is 43.8 Å². The first kappa shape index (κ1) is 19.8. The standard InChI is InChI=1S/C18H24Cl2N2O/c1-3-22(4-2)13-7-12-21-18(23)9-6-5-8-15-10-11-16(19)17(20)14-15/h5-6,8-11,14H,3-4,7,12-13H2,1-2H3,(H,21,23)/b8-5+,9-6+. The smallest absolute Gasteiger partial charge is 0.243 e. The van der Waals surface area contributed by atoms with E-state index >= 15 is 0 Å². The van der Waals surface area contributed by atoms with E-state index in [1.54, 1.807) is 24.3 Å². The van der Waals surface area contributed by atoms with E-state index in [-0.39, 0.29) is 5.91 Å². The fourth-order valence-corrected chi connectivity index (χ4v) is 2.35. The van der Waals surface area contributed by atoms with E-state index in [9.17, 15) is 4.79 Å². The molecule has 1 aromatic rings. The molecule has 126 valence electrons. The van der Waals surface area contributed by atoms with Crippen molar-refractivity contribution in [3.05, 3.63) is 52.0 Å². The van der Waals surface area contributed by atoms with Gasteiger partial charge in [-0.3, -0.25) is 4.79 Å². The van der Waals surface area contributed by atoms with Crippen LogP contribution in [0, 0.1) is 0 Å². The molecule has 0 atom stereocenters. The summed E-state index contributed by atoms with van der Waals surface area (Å²) in [5, 5.41) is 3.92. The summed E-state index contributed by atoms with van der Waals surface area (Å²) in [6.07, 6.45) is 7.86. The van der Waals surface area contributed by atoms with Crippen molar-refractivity contribution in [3.63, 3.8) is 0 Å². The number of hydrogen-bond acceptors (Lipinski definition) is 2. The highest BCUT2D eigenvalue weighted by Gasteiger charge is 1.99. The molecule has 1 amide bonds. The van der Waals surface area contributed by atoms with Gasteiger partial charge in [-0.1, -0.05) is 61.3 Å². The Morgan fingerprint density at radius 1 is 1.17 bits per heavy atom. The average molecular weight is 355 g/mol. The van der Waals surface area contributed by atoms with E-state index < -0.39 is 0 Å². The van der Waals surface area contributed by atoms with Crippen molar-refractivity contribution in [3.8, 4) is 0 Å². The third kappa shape index (κ3) is 8.21. The second kappa shape index (κ2) is 11.3. The highest BCUT2D eigenvalue weighted by atomic mass is 35.5. The first-order valence-corrected chi connectivity index (χ1v) is 8.62. The minimum absolute atomic E-state index is 0.0802. The zero-order valence-electron chi connectivity index (χ0n) is 13.7. The summed E-state index contributed by atoms with van der Waals surface area (Å²) in [6.45, 7) is 8.08. The molecule has 0 aliphatic rings. The number of benzene rings is 1. The van der Waals surface area contributed by atoms with Crippen LogP contribution < -0.4 is 5.32 Å². The first-order chi connectivity index (χ1) is 11.1. The lowest BCUT2D eigenvalue weighted by atomic mass is 10.2. The number of nitrogens with one attached hydrogen (secondary N) is 1. The van der Waals surface area contributed by atoms with Crippen LogP contribution in [0.4, 0.5) is 0 Å². The number of carbonyl (C=O) groups is 1. The number of nitrogens with zero attached hydrogens (tertiary/aromatic N) is 1. The number of amides is 1. The number of allylic oxidation sites excluding steroid dienone is 2. The molecule has 0 aliphatic heterocycles. The normalized spacial score (nSPS) is 11.7. The number of hydrogen-bond donors (Lipinski definition) is 1. The molecule has 1 rings (SSSR count). The van der Waals surface area contributed by atoms with Gasteiger partial charge >= 0.3 is 0 Å². The predicted molar refractivity (Wildman–Crippen MR) is 100 cm³/mol. The lowest BCUT2D eigenvalue weighted by Gasteiger charge is -2.17. The summed E-state index contributed by atoms with van der Waals surface area (Å²) in [5.41, 5.74) is 0.934. The van der Waals surface area contributed by atoms with Crippen LogP contribution in [0.25, 0.3) is 6.08 Å². The summed E-state index contributed by atoms with van der Waals surface area (Å²) >= 11 is 11.8. The van der Waals surface area contributed by atoms with Crippen LogP contribution in [0.3, 0.4) is 0 Å². The SMILES string of the molecule is CCN(CC)CCCNC(=O)/C=C/C=C/c1ccc(Cl)c(Cl)c1. The molecule has 3 nitrogen and oxygen atoms in total. The largest absolute Gasteiger partial charge is 0.353 e. The van der Waals surface area contributed by atoms with Crippen molar-refractivity contribution in [2.75, 3.05) is 26.2 Å². The van der Waals surface area contributed by atoms with Crippen molar-refractivity contribution in [1.29, 1.82) is 0 Å². The molecule has 0 unspecified atom stereocenters. The predicted octanol–water partition coefficient (Wildman–Crippen LogP) is 4.41. The second-order valence-electron chi connectivity index (χ2n) is 5.06. The summed E-state index contributed by atoms with van der Waals surface area (Å²) < 4.78 is 0. The molecule has 0 heterocycles. The fraction of sp³-hybridized carbons (Fsp3) is 0.389. The molecule has 0 saturated heterocycles. The van der Waals surface area contributed by atoms with Crippen molar-refractivity contribution >= 4 is 35.2 Å². The summed E-state index contributed by atoms with van der Waals surface area (Å²) in [5.74, 6) is -0.0802. The minimum Gasteiger partial charge on any atom is -0.353 e. The Hall–Kier alpha value is -1.29. The quantitative estimate of drug-likeness (QED) is 0.404. The van der Waals surface area contributed by atoms with Gasteiger partial charge in [-0.2, -0.15) is 0 Å². The van der Waals surface area contributed by atoms with Crippen molar-refractivity contribution in [2.24, 2.45) is 0 Å². The zero-order valence-corrected chi connectivity index (χ0v) is 15.2. The van der Waals surface area contributed by atoms with Crippen LogP contribution in [0.2, 0.25) is 10.0 Å². The zero-order chi connectivity index (χ0) is 17.1. The van der Waals surface area contributed by atoms with Gasteiger partial charge in [0.2, 0.25) is 5.91 Å². The lowest BCUT2D eigenvalue weighted by molar-refractivity contribution is -0.116. The second-order valence-corrected chi connectivity index (χ2v) is 5.88. The molecule has 0 aromatic heterocycles. The maximum atomic E-state index is 11.7. The average Bonchev–Trinajstić information content (AvgIpc) is 2.55. The van der Waals surface area contributed by atoms with Gasteiger partial charge in [0, 0.05) is 12.6 Å². The van der Waals surface area contributed by atoms with E-state index in [0.29, 0.717) is 16.6 Å². The summed E-state index contributed by atoms with van der Waals surface area (Å²) in [4.78, 5) is 14.0. The van der Waals surface area contributed by atoms with E-state index in [1.807, 2.05) is 12.1 Å². The van der Waals surface area contributed by atoms with E-state index in [0.717, 1.165) is 31.6 Å². The molecule has 23 heavy (non-hydrogen) atoms. The summed E-state index contributed by atoms with van der Waals surface area (Å²) in [6, 6.07) is 5.39. The van der Waals surface area contributed by atoms with Gasteiger partial charge in [0.15, 0.2) is 0 Å². The molecule has 0 saturated carbocycles. The van der Waals surface area contributed by atoms with Gasteiger partial charge in [-0.25, -0.2) is 0 Å². The van der Waals surface area contributed by atoms with Gasteiger partial charge in [0.1, 0.15) is 0 Å². The molecule has 0 bridgehead atoms. The Kier molecular flexibility index (Phi) is 9.69. The first-order valence-electron chi connectivity index (χ1n) is 7.86. The van der Waals surface area contributed by atoms with Crippen LogP contribution in [0.5, 0.6) is 0 Å². The molecular weight excluding hydrogens is 331 g/mol. The molecule has 1 N–H and O–H groups in total. The van der Waals surface area contributed by atoms with E-state index in [4.69, 9.17) is 23.2 Å². The molecule has 0 spiro atoms. The molecule has 5 heteroatoms. The van der Waals surface area contributed by atoms with Gasteiger partial charge in [-0.15, -0.1) is 0 Å². The Bertz CT molecular complexity index is 552. The van der Waals surface area contributed by atoms with Gasteiger partial charge < -0.3 is 10.2 Å². The van der Waals surface area contributed by atoms with Crippen LogP contribution in [-0.4, -0.2) is 37.0 Å². The third-order valence-corrected chi connectivity index (χ3v) is 4.17. The number of rotatable bonds is 9. The minimum atomic E-state index is -0.0802. The maximum absolute atomic E-state index is 11.7. The van der Waals surface area contributed by atoms with Crippen LogP contribution in [-0.2, 0) is 4.79 Å². The van der Waals surface area contributed by atoms with Crippen molar-refractivity contribution in [2.45, 2.75) is 20.3 Å².